The van der Waals surface area contributed by atoms with Gasteiger partial charge in [0.2, 0.25) is 5.91 Å². The molecule has 0 saturated carbocycles. The molecule has 0 radical (unpaired) electrons. The van der Waals surface area contributed by atoms with Crippen LogP contribution in [0.1, 0.15) is 24.8 Å². The molecule has 0 spiro atoms. The second-order valence-corrected chi connectivity index (χ2v) is 5.79. The highest BCUT2D eigenvalue weighted by molar-refractivity contribution is 5.91. The van der Waals surface area contributed by atoms with Gasteiger partial charge < -0.3 is 15.0 Å². The van der Waals surface area contributed by atoms with E-state index in [-0.39, 0.29) is 17.6 Å². The number of hydrogen-bond acceptors (Lipinski definition) is 3. The molecule has 23 heavy (non-hydrogen) atoms. The van der Waals surface area contributed by atoms with Crippen molar-refractivity contribution in [3.05, 3.63) is 30.0 Å². The summed E-state index contributed by atoms with van der Waals surface area (Å²) in [6.07, 6.45) is 4.21. The number of carbonyl (C=O) groups is 2. The van der Waals surface area contributed by atoms with Crippen LogP contribution in [0.25, 0.3) is 10.9 Å². The smallest absolute Gasteiger partial charge is 0.267 e. The van der Waals surface area contributed by atoms with Crippen LogP contribution < -0.4 is 0 Å². The second-order valence-electron chi connectivity index (χ2n) is 5.79. The monoisotopic (exact) mass is 313 g/mol. The number of aromatic nitrogens is 1. The summed E-state index contributed by atoms with van der Waals surface area (Å²) in [5.41, 5.74) is 1.91. The van der Waals surface area contributed by atoms with Gasteiger partial charge >= 0.3 is 0 Å². The number of aryl methyl sites for hydroxylation is 1. The molecule has 1 aromatic carbocycles. The summed E-state index contributed by atoms with van der Waals surface area (Å²) in [6, 6.07) is 4.67. The lowest BCUT2D eigenvalue weighted by Gasteiger charge is -2.22. The van der Waals surface area contributed by atoms with Crippen molar-refractivity contribution < 1.29 is 14.7 Å². The number of likely N-dealkylation sites (tertiary alicyclic amines) is 1. The van der Waals surface area contributed by atoms with Gasteiger partial charge in [0, 0.05) is 30.1 Å². The van der Waals surface area contributed by atoms with Gasteiger partial charge in [0.15, 0.2) is 0 Å². The van der Waals surface area contributed by atoms with Crippen molar-refractivity contribution in [1.82, 2.24) is 9.88 Å². The maximum atomic E-state index is 12.4. The summed E-state index contributed by atoms with van der Waals surface area (Å²) in [6.45, 7) is 3.86. The Hall–Kier alpha value is -2.63. The lowest BCUT2D eigenvalue weighted by Crippen LogP contribution is -2.39. The van der Waals surface area contributed by atoms with Crippen molar-refractivity contribution in [2.75, 3.05) is 6.54 Å². The second kappa shape index (κ2) is 6.24. The van der Waals surface area contributed by atoms with E-state index in [9.17, 15) is 14.7 Å². The fraction of sp³-hybridized carbons (Fsp3) is 0.353. The van der Waals surface area contributed by atoms with Gasteiger partial charge in [-0.1, -0.05) is 0 Å². The van der Waals surface area contributed by atoms with Gasteiger partial charge in [-0.15, -0.1) is 0 Å². The molecule has 2 amide bonds. The third-order valence-corrected chi connectivity index (χ3v) is 4.37. The molecule has 0 bridgehead atoms. The molecule has 1 atom stereocenters. The number of amides is 2. The molecule has 6 heteroatoms. The number of nitrogens with one attached hydrogen (secondary N) is 1. The third-order valence-electron chi connectivity index (χ3n) is 4.37. The number of aliphatic imine (C=N–C) groups is 1. The first kappa shape index (κ1) is 15.3. The predicted molar refractivity (Wildman–Crippen MR) is 87.6 cm³/mol. The zero-order chi connectivity index (χ0) is 16.4. The van der Waals surface area contributed by atoms with E-state index in [4.69, 9.17) is 0 Å². The van der Waals surface area contributed by atoms with Gasteiger partial charge in [0.05, 0.1) is 0 Å². The van der Waals surface area contributed by atoms with Gasteiger partial charge in [-0.3, -0.25) is 9.59 Å². The Morgan fingerprint density at radius 3 is 3.04 bits per heavy atom. The van der Waals surface area contributed by atoms with E-state index >= 15 is 0 Å². The first-order valence-corrected chi connectivity index (χ1v) is 7.69. The van der Waals surface area contributed by atoms with E-state index in [1.54, 1.807) is 23.1 Å². The van der Waals surface area contributed by atoms with Gasteiger partial charge in [0.25, 0.3) is 5.91 Å². The minimum absolute atomic E-state index is 0.0426. The zero-order valence-electron chi connectivity index (χ0n) is 12.8. The molecular formula is C17H19N3O3. The average molecular weight is 313 g/mol. The predicted octanol–water partition coefficient (Wildman–Crippen LogP) is 2.02. The number of benzene rings is 1. The van der Waals surface area contributed by atoms with Crippen molar-refractivity contribution >= 4 is 29.4 Å². The van der Waals surface area contributed by atoms with E-state index in [1.807, 2.05) is 6.20 Å². The summed E-state index contributed by atoms with van der Waals surface area (Å²) in [5, 5.41) is 10.5. The Labute approximate surface area is 133 Å². The van der Waals surface area contributed by atoms with Gasteiger partial charge in [-0.25, -0.2) is 4.99 Å². The molecule has 1 saturated heterocycles. The number of aromatic amines is 1. The lowest BCUT2D eigenvalue weighted by molar-refractivity contribution is -0.137. The molecule has 0 aliphatic carbocycles. The molecular weight excluding hydrogens is 294 g/mol. The van der Waals surface area contributed by atoms with E-state index < -0.39 is 6.04 Å². The minimum Gasteiger partial charge on any atom is -0.508 e. The van der Waals surface area contributed by atoms with Gasteiger partial charge in [0.1, 0.15) is 11.8 Å². The Balaban J connectivity index is 1.69. The molecule has 1 aromatic heterocycles. The molecule has 1 aliphatic rings. The molecule has 1 fully saturated rings. The quantitative estimate of drug-likeness (QED) is 0.847. The Bertz CT molecular complexity index is 766. The number of hydrogen-bond donors (Lipinski definition) is 2. The standard InChI is InChI=1S/C17H19N3O3/c1-18-17(23)15-3-2-8-20(15)16(22)7-4-11-10-19-14-6-5-12(21)9-13(11)14/h5-6,9-10,15,19,21H,1-4,7-8H2/t15-/m0/s1. The number of rotatable bonds is 4. The van der Waals surface area contributed by atoms with Crippen molar-refractivity contribution in [2.24, 2.45) is 4.99 Å². The fourth-order valence-corrected chi connectivity index (χ4v) is 3.19. The largest absolute Gasteiger partial charge is 0.508 e. The van der Waals surface area contributed by atoms with Gasteiger partial charge in [-0.2, -0.15) is 0 Å². The Morgan fingerprint density at radius 2 is 2.26 bits per heavy atom. The summed E-state index contributed by atoms with van der Waals surface area (Å²) in [5.74, 6) is -0.168. The van der Waals surface area contributed by atoms with Crippen molar-refractivity contribution in [2.45, 2.75) is 31.7 Å². The summed E-state index contributed by atoms with van der Waals surface area (Å²) in [4.78, 5) is 32.3. The first-order chi connectivity index (χ1) is 11.1. The van der Waals surface area contributed by atoms with Crippen LogP contribution in [-0.2, 0) is 16.0 Å². The topological polar surface area (TPSA) is 85.8 Å². The van der Waals surface area contributed by atoms with E-state index in [0.29, 0.717) is 25.8 Å². The molecule has 0 unspecified atom stereocenters. The molecule has 6 nitrogen and oxygen atoms in total. The third kappa shape index (κ3) is 2.97. The average Bonchev–Trinajstić information content (AvgIpc) is 3.18. The van der Waals surface area contributed by atoms with E-state index in [1.165, 1.54) is 0 Å². The molecule has 3 rings (SSSR count). The first-order valence-electron chi connectivity index (χ1n) is 7.69. The highest BCUT2D eigenvalue weighted by Crippen LogP contribution is 2.25. The maximum Gasteiger partial charge on any atom is 0.267 e. The van der Waals surface area contributed by atoms with Crippen LogP contribution in [0.5, 0.6) is 5.75 Å². The number of fused-ring (bicyclic) bond motifs is 1. The van der Waals surface area contributed by atoms with E-state index in [2.05, 4.69) is 16.7 Å². The highest BCUT2D eigenvalue weighted by atomic mass is 16.3. The van der Waals surface area contributed by atoms with Crippen molar-refractivity contribution in [3.63, 3.8) is 0 Å². The van der Waals surface area contributed by atoms with Crippen LogP contribution in [0.15, 0.2) is 29.4 Å². The van der Waals surface area contributed by atoms with Crippen molar-refractivity contribution in [1.29, 1.82) is 0 Å². The number of aromatic hydroxyl groups is 1. The lowest BCUT2D eigenvalue weighted by atomic mass is 10.1. The minimum atomic E-state index is -0.452. The molecule has 2 N–H and O–H groups in total. The number of nitrogens with zero attached hydrogens (tertiary/aromatic N) is 2. The van der Waals surface area contributed by atoms with Crippen LogP contribution in [0, 0.1) is 0 Å². The number of H-pyrrole nitrogens is 1. The van der Waals surface area contributed by atoms with Crippen LogP contribution >= 0.6 is 0 Å². The van der Waals surface area contributed by atoms with Crippen molar-refractivity contribution in [3.8, 4) is 5.75 Å². The molecule has 120 valence electrons. The normalized spacial score (nSPS) is 17.6. The van der Waals surface area contributed by atoms with Crippen LogP contribution in [0.3, 0.4) is 0 Å². The van der Waals surface area contributed by atoms with Crippen LogP contribution in [0.2, 0.25) is 0 Å². The molecule has 2 aromatic rings. The molecule has 2 heterocycles. The molecule has 1 aliphatic heterocycles. The SMILES string of the molecule is C=NC(=O)[C@@H]1CCCN1C(=O)CCc1c[nH]c2ccc(O)cc12. The van der Waals surface area contributed by atoms with E-state index in [0.717, 1.165) is 22.9 Å². The van der Waals surface area contributed by atoms with Crippen LogP contribution in [-0.4, -0.2) is 46.1 Å². The number of carbonyl (C=O) groups excluding carboxylic acids is 2. The summed E-state index contributed by atoms with van der Waals surface area (Å²) >= 11 is 0. The summed E-state index contributed by atoms with van der Waals surface area (Å²) < 4.78 is 0. The van der Waals surface area contributed by atoms with Crippen LogP contribution in [0.4, 0.5) is 0 Å². The Kier molecular flexibility index (Phi) is 4.14. The maximum absolute atomic E-state index is 12.4. The Morgan fingerprint density at radius 1 is 1.43 bits per heavy atom. The number of phenols is 1. The zero-order valence-corrected chi connectivity index (χ0v) is 12.8. The fourth-order valence-electron chi connectivity index (χ4n) is 3.19. The summed E-state index contributed by atoms with van der Waals surface area (Å²) in [7, 11) is 0. The highest BCUT2D eigenvalue weighted by Gasteiger charge is 2.33. The number of phenolic OH excluding ortho intramolecular Hbond substituents is 1. The van der Waals surface area contributed by atoms with Gasteiger partial charge in [-0.05, 0) is 49.7 Å².